The number of aliphatic hydroxyl groups excluding tert-OH is 1. The predicted molar refractivity (Wildman–Crippen MR) is 155 cm³/mol. The van der Waals surface area contributed by atoms with Crippen molar-refractivity contribution in [2.75, 3.05) is 6.61 Å². The van der Waals surface area contributed by atoms with Gasteiger partial charge in [-0.1, -0.05) is 186 Å². The minimum Gasteiger partial charge on any atom is -0.396 e. The molecule has 0 aliphatic rings. The zero-order chi connectivity index (χ0) is 24.7. The van der Waals surface area contributed by atoms with E-state index in [0.29, 0.717) is 6.61 Å². The monoisotopic (exact) mass is 451 g/mol. The van der Waals surface area contributed by atoms with Crippen LogP contribution in [0.4, 0.5) is 0 Å². The number of hydrogen-bond donors (Lipinski definition) is 1. The van der Waals surface area contributed by atoms with Crippen LogP contribution < -0.4 is 0 Å². The van der Waals surface area contributed by atoms with Crippen LogP contribution in [0.2, 0.25) is 0 Å². The highest BCUT2D eigenvalue weighted by atomic mass is 16.2. The molecular formula is C30H74O. The van der Waals surface area contributed by atoms with E-state index in [9.17, 15) is 0 Å². The maximum absolute atomic E-state index is 8.07. The third-order valence-electron chi connectivity index (χ3n) is 4.13. The van der Waals surface area contributed by atoms with E-state index < -0.39 is 0 Å². The lowest BCUT2D eigenvalue weighted by Crippen LogP contribution is -1.75. The molecule has 0 fully saturated rings. The summed E-state index contributed by atoms with van der Waals surface area (Å²) in [6, 6.07) is 0. The highest BCUT2D eigenvalue weighted by Crippen LogP contribution is 1.96. The van der Waals surface area contributed by atoms with Gasteiger partial charge in [-0.25, -0.2) is 0 Å². The van der Waals surface area contributed by atoms with Crippen LogP contribution in [-0.2, 0) is 0 Å². The topological polar surface area (TPSA) is 20.2 Å². The molecule has 0 aliphatic carbocycles. The summed E-state index contributed by atoms with van der Waals surface area (Å²) in [5.74, 6) is 0. The first kappa shape index (κ1) is 48.4. The molecule has 0 heterocycles. The van der Waals surface area contributed by atoms with Crippen molar-refractivity contribution in [3.05, 3.63) is 0 Å². The summed E-state index contributed by atoms with van der Waals surface area (Å²) in [5.41, 5.74) is 0. The Morgan fingerprint density at radius 2 is 0.484 bits per heavy atom. The molecule has 0 aromatic carbocycles. The second kappa shape index (κ2) is 77.9. The van der Waals surface area contributed by atoms with Crippen molar-refractivity contribution < 1.29 is 5.11 Å². The van der Waals surface area contributed by atoms with Gasteiger partial charge in [-0.2, -0.15) is 0 Å². The molecule has 31 heavy (non-hydrogen) atoms. The van der Waals surface area contributed by atoms with Crippen molar-refractivity contribution in [1.82, 2.24) is 0 Å². The first-order valence-corrected chi connectivity index (χ1v) is 14.1. The van der Waals surface area contributed by atoms with Gasteiger partial charge in [0.05, 0.1) is 0 Å². The molecule has 1 N–H and O–H groups in total. The van der Waals surface area contributed by atoms with E-state index in [4.69, 9.17) is 5.11 Å². The third kappa shape index (κ3) is 164. The zero-order valence-electron chi connectivity index (χ0n) is 24.2. The quantitative estimate of drug-likeness (QED) is 0.293. The summed E-state index contributed by atoms with van der Waals surface area (Å²) in [6.07, 6.45) is 22.5. The lowest BCUT2D eigenvalue weighted by Gasteiger charge is -1.86. The van der Waals surface area contributed by atoms with E-state index in [1.54, 1.807) is 0 Å². The molecule has 0 aliphatic heterocycles. The molecule has 0 atom stereocenters. The number of aliphatic hydroxyl groups is 1. The standard InChI is InChI=1S/2C6H14.C5H12.C4H10O.2C4H10.CH4/c2*1-3-5-6-4-2;1-3-5-4-2;1-2-3-4-5;2*1-3-4-2;/h2*3-6H2,1-2H3;3-5H2,1-2H3;5H,2-4H2,1H3;2*3-4H2,1-2H3;1H4. The van der Waals surface area contributed by atoms with Crippen molar-refractivity contribution >= 4 is 0 Å². The van der Waals surface area contributed by atoms with Crippen LogP contribution in [0.5, 0.6) is 0 Å². The van der Waals surface area contributed by atoms with Crippen LogP contribution in [0.1, 0.15) is 193 Å². The van der Waals surface area contributed by atoms with E-state index in [-0.39, 0.29) is 7.43 Å². The molecule has 0 radical (unpaired) electrons. The van der Waals surface area contributed by atoms with Crippen LogP contribution >= 0.6 is 0 Å². The average Bonchev–Trinajstić information content (AvgIpc) is 2.79. The Balaban J connectivity index is -0.0000000446. The van der Waals surface area contributed by atoms with Gasteiger partial charge in [0.2, 0.25) is 0 Å². The largest absolute Gasteiger partial charge is 0.396 e. The summed E-state index contributed by atoms with van der Waals surface area (Å²) in [7, 11) is 0. The molecule has 200 valence electrons. The van der Waals surface area contributed by atoms with Crippen molar-refractivity contribution in [2.24, 2.45) is 0 Å². The van der Waals surface area contributed by atoms with Crippen molar-refractivity contribution in [1.29, 1.82) is 0 Å². The average molecular weight is 451 g/mol. The summed E-state index contributed by atoms with van der Waals surface area (Å²) >= 11 is 0. The van der Waals surface area contributed by atoms with Crippen molar-refractivity contribution in [2.45, 2.75) is 193 Å². The summed E-state index contributed by atoms with van der Waals surface area (Å²) in [6.45, 7) is 24.5. The van der Waals surface area contributed by atoms with E-state index in [1.165, 1.54) is 96.3 Å². The maximum Gasteiger partial charge on any atom is 0.0430 e. The Labute approximate surface area is 204 Å². The summed E-state index contributed by atoms with van der Waals surface area (Å²) < 4.78 is 0. The van der Waals surface area contributed by atoms with Gasteiger partial charge >= 0.3 is 0 Å². The second-order valence-electron chi connectivity index (χ2n) is 7.84. The molecule has 0 saturated heterocycles. The van der Waals surface area contributed by atoms with Crippen LogP contribution in [0.15, 0.2) is 0 Å². The molecule has 0 rings (SSSR count). The molecule has 0 amide bonds. The first-order chi connectivity index (χ1) is 14.5. The molecule has 1 nitrogen and oxygen atoms in total. The lowest BCUT2D eigenvalue weighted by atomic mass is 10.2. The molecular weight excluding hydrogens is 376 g/mol. The van der Waals surface area contributed by atoms with E-state index in [0.717, 1.165) is 12.8 Å². The predicted octanol–water partition coefficient (Wildman–Crippen LogP) is 12.4. The van der Waals surface area contributed by atoms with Crippen LogP contribution in [-0.4, -0.2) is 11.7 Å². The summed E-state index contributed by atoms with van der Waals surface area (Å²) in [4.78, 5) is 0. The molecule has 0 saturated carbocycles. The molecule has 0 aromatic rings. The van der Waals surface area contributed by atoms with E-state index in [1.807, 2.05) is 0 Å². The van der Waals surface area contributed by atoms with Crippen LogP contribution in [0, 0.1) is 0 Å². The Morgan fingerprint density at radius 1 is 0.290 bits per heavy atom. The fourth-order valence-electron chi connectivity index (χ4n) is 1.51. The lowest BCUT2D eigenvalue weighted by molar-refractivity contribution is 0.287. The SMILES string of the molecule is C.CCCC.CCCC.CCCCC.CCCCCC.CCCCCC.CCCCO. The second-order valence-corrected chi connectivity index (χ2v) is 7.84. The third-order valence-corrected chi connectivity index (χ3v) is 4.13. The Morgan fingerprint density at radius 3 is 0.516 bits per heavy atom. The van der Waals surface area contributed by atoms with Gasteiger partial charge in [-0.05, 0) is 6.42 Å². The Hall–Kier alpha value is -0.0400. The van der Waals surface area contributed by atoms with Crippen LogP contribution in [0.3, 0.4) is 0 Å². The minimum atomic E-state index is 0. The molecule has 1 heteroatoms. The molecule has 0 spiro atoms. The fourth-order valence-corrected chi connectivity index (χ4v) is 1.51. The first-order valence-electron chi connectivity index (χ1n) is 14.1. The Bertz CT molecular complexity index is 122. The van der Waals surface area contributed by atoms with Gasteiger partial charge in [-0.15, -0.1) is 0 Å². The van der Waals surface area contributed by atoms with Gasteiger partial charge in [0.15, 0.2) is 0 Å². The van der Waals surface area contributed by atoms with E-state index in [2.05, 4.69) is 76.2 Å². The van der Waals surface area contributed by atoms with Gasteiger partial charge in [-0.3, -0.25) is 0 Å². The summed E-state index contributed by atoms with van der Waals surface area (Å²) in [5, 5.41) is 8.07. The molecule has 0 bridgehead atoms. The molecule has 0 unspecified atom stereocenters. The van der Waals surface area contributed by atoms with Gasteiger partial charge in [0.1, 0.15) is 0 Å². The van der Waals surface area contributed by atoms with Gasteiger partial charge in [0.25, 0.3) is 0 Å². The van der Waals surface area contributed by atoms with Crippen LogP contribution in [0.25, 0.3) is 0 Å². The van der Waals surface area contributed by atoms with Gasteiger partial charge in [0, 0.05) is 6.61 Å². The Kier molecular flexibility index (Phi) is 122. The van der Waals surface area contributed by atoms with Crippen molar-refractivity contribution in [3.63, 3.8) is 0 Å². The minimum absolute atomic E-state index is 0. The van der Waals surface area contributed by atoms with Gasteiger partial charge < -0.3 is 5.11 Å². The number of unbranched alkanes of at least 4 members (excludes halogenated alkanes) is 11. The number of rotatable bonds is 12. The molecule has 0 aromatic heterocycles. The fraction of sp³-hybridized carbons (Fsp3) is 1.00. The van der Waals surface area contributed by atoms with Crippen molar-refractivity contribution in [3.8, 4) is 0 Å². The smallest absolute Gasteiger partial charge is 0.0430 e. The maximum atomic E-state index is 8.07. The highest BCUT2D eigenvalue weighted by Gasteiger charge is 1.76. The zero-order valence-corrected chi connectivity index (χ0v) is 24.2. The number of hydrogen-bond acceptors (Lipinski definition) is 1. The highest BCUT2D eigenvalue weighted by molar-refractivity contribution is 4.31. The normalized spacial score (nSPS) is 8.13. The van der Waals surface area contributed by atoms with E-state index >= 15 is 0 Å².